The fraction of sp³-hybridized carbons (Fsp3) is 0.0625. The first-order chi connectivity index (χ1) is 10.2. The second-order valence-corrected chi connectivity index (χ2v) is 4.46. The van der Waals surface area contributed by atoms with E-state index in [9.17, 15) is 9.18 Å². The first kappa shape index (κ1) is 13.2. The van der Waals surface area contributed by atoms with E-state index in [-0.39, 0.29) is 5.82 Å². The third-order valence-corrected chi connectivity index (χ3v) is 3.10. The van der Waals surface area contributed by atoms with E-state index in [2.05, 4.69) is 14.7 Å². The maximum absolute atomic E-state index is 12.9. The van der Waals surface area contributed by atoms with Crippen LogP contribution in [0.2, 0.25) is 0 Å². The van der Waals surface area contributed by atoms with Gasteiger partial charge in [0, 0.05) is 5.56 Å². The summed E-state index contributed by atoms with van der Waals surface area (Å²) in [6.07, 6.45) is 1.59. The van der Waals surface area contributed by atoms with Gasteiger partial charge in [0.1, 0.15) is 5.82 Å². The number of halogens is 1. The summed E-state index contributed by atoms with van der Waals surface area (Å²) in [5.74, 6) is -0.712. The van der Waals surface area contributed by atoms with Gasteiger partial charge in [-0.05, 0) is 42.5 Å². The number of esters is 1. The predicted octanol–water partition coefficient (Wildman–Crippen LogP) is 3.22. The van der Waals surface area contributed by atoms with Crippen molar-refractivity contribution in [2.45, 2.75) is 0 Å². The summed E-state index contributed by atoms with van der Waals surface area (Å²) in [5, 5.41) is 0. The Hall–Kier alpha value is -2.82. The van der Waals surface area contributed by atoms with E-state index >= 15 is 0 Å². The smallest absolute Gasteiger partial charge is 0.337 e. The van der Waals surface area contributed by atoms with Crippen LogP contribution >= 0.6 is 0 Å². The molecule has 0 spiro atoms. The number of hydrogen-bond acceptors (Lipinski definition) is 4. The van der Waals surface area contributed by atoms with E-state index in [1.165, 1.54) is 19.2 Å². The normalized spacial score (nSPS) is 10.6. The van der Waals surface area contributed by atoms with Gasteiger partial charge in [-0.15, -0.1) is 0 Å². The van der Waals surface area contributed by atoms with Gasteiger partial charge in [-0.2, -0.15) is 0 Å². The van der Waals surface area contributed by atoms with Crippen LogP contribution in [0.15, 0.2) is 48.7 Å². The maximum Gasteiger partial charge on any atom is 0.337 e. The molecule has 0 fully saturated rings. The lowest BCUT2D eigenvalue weighted by molar-refractivity contribution is 0.0601. The van der Waals surface area contributed by atoms with E-state index < -0.39 is 5.97 Å². The Morgan fingerprint density at radius 1 is 1.10 bits per heavy atom. The second kappa shape index (κ2) is 5.28. The van der Waals surface area contributed by atoms with Crippen molar-refractivity contribution in [3.05, 3.63) is 60.0 Å². The predicted molar refractivity (Wildman–Crippen MR) is 76.3 cm³/mol. The zero-order valence-electron chi connectivity index (χ0n) is 11.2. The molecule has 0 aliphatic rings. The number of fused-ring (bicyclic) bond motifs is 1. The van der Waals surface area contributed by atoms with Gasteiger partial charge in [0.05, 0.1) is 35.6 Å². The molecule has 0 saturated carbocycles. The van der Waals surface area contributed by atoms with Crippen LogP contribution in [0, 0.1) is 5.82 Å². The molecule has 3 aromatic rings. The van der Waals surface area contributed by atoms with Crippen LogP contribution in [0.4, 0.5) is 4.39 Å². The van der Waals surface area contributed by atoms with Gasteiger partial charge >= 0.3 is 5.97 Å². The Bertz CT molecular complexity index is 816. The maximum atomic E-state index is 12.9. The average molecular weight is 282 g/mol. The minimum absolute atomic E-state index is 0.296. The Labute approximate surface area is 120 Å². The standard InChI is InChI=1S/C16H11FN2O2/c1-21-16(20)11-4-7-13-14(8-11)18-9-15(19-13)10-2-5-12(17)6-3-10/h2-9H,1H3. The third-order valence-electron chi connectivity index (χ3n) is 3.10. The van der Waals surface area contributed by atoms with Gasteiger partial charge in [-0.25, -0.2) is 14.2 Å². The molecule has 0 radical (unpaired) electrons. The van der Waals surface area contributed by atoms with Crippen LogP contribution in [0.1, 0.15) is 10.4 Å². The lowest BCUT2D eigenvalue weighted by Gasteiger charge is -2.04. The monoisotopic (exact) mass is 282 g/mol. The number of rotatable bonds is 2. The van der Waals surface area contributed by atoms with Crippen molar-refractivity contribution in [2.75, 3.05) is 7.11 Å². The van der Waals surface area contributed by atoms with Gasteiger partial charge in [-0.3, -0.25) is 4.98 Å². The Kier molecular flexibility index (Phi) is 3.31. The highest BCUT2D eigenvalue weighted by molar-refractivity contribution is 5.93. The van der Waals surface area contributed by atoms with Gasteiger partial charge in [0.2, 0.25) is 0 Å². The summed E-state index contributed by atoms with van der Waals surface area (Å²) < 4.78 is 17.6. The number of carbonyl (C=O) groups is 1. The molecule has 0 bridgehead atoms. The van der Waals surface area contributed by atoms with Crippen molar-refractivity contribution in [3.8, 4) is 11.3 Å². The molecule has 2 aromatic carbocycles. The average Bonchev–Trinajstić information content (AvgIpc) is 2.54. The Morgan fingerprint density at radius 3 is 2.57 bits per heavy atom. The van der Waals surface area contributed by atoms with Crippen LogP contribution in [0.3, 0.4) is 0 Å². The number of aromatic nitrogens is 2. The molecule has 1 heterocycles. The second-order valence-electron chi connectivity index (χ2n) is 4.46. The number of benzene rings is 2. The molecule has 0 amide bonds. The van der Waals surface area contributed by atoms with E-state index in [0.29, 0.717) is 22.3 Å². The molecule has 104 valence electrons. The number of nitrogens with zero attached hydrogens (tertiary/aromatic N) is 2. The fourth-order valence-electron chi connectivity index (χ4n) is 2.02. The topological polar surface area (TPSA) is 52.1 Å². The minimum Gasteiger partial charge on any atom is -0.465 e. The highest BCUT2D eigenvalue weighted by Gasteiger charge is 2.08. The first-order valence-corrected chi connectivity index (χ1v) is 6.28. The molecule has 21 heavy (non-hydrogen) atoms. The molecule has 0 atom stereocenters. The summed E-state index contributed by atoms with van der Waals surface area (Å²) in [4.78, 5) is 20.2. The zero-order chi connectivity index (χ0) is 14.8. The third kappa shape index (κ3) is 2.58. The number of hydrogen-bond donors (Lipinski definition) is 0. The first-order valence-electron chi connectivity index (χ1n) is 6.28. The number of ether oxygens (including phenoxy) is 1. The summed E-state index contributed by atoms with van der Waals surface area (Å²) in [6, 6.07) is 11.0. The highest BCUT2D eigenvalue weighted by atomic mass is 19.1. The van der Waals surface area contributed by atoms with Crippen molar-refractivity contribution in [2.24, 2.45) is 0 Å². The SMILES string of the molecule is COC(=O)c1ccc2nc(-c3ccc(F)cc3)cnc2c1. The summed E-state index contributed by atoms with van der Waals surface area (Å²) in [7, 11) is 1.33. The summed E-state index contributed by atoms with van der Waals surface area (Å²) in [6.45, 7) is 0. The molecule has 0 aliphatic heterocycles. The largest absolute Gasteiger partial charge is 0.465 e. The van der Waals surface area contributed by atoms with Gasteiger partial charge < -0.3 is 4.74 Å². The highest BCUT2D eigenvalue weighted by Crippen LogP contribution is 2.20. The summed E-state index contributed by atoms with van der Waals surface area (Å²) in [5.41, 5.74) is 3.11. The van der Waals surface area contributed by atoms with Gasteiger partial charge in [0.25, 0.3) is 0 Å². The molecule has 0 aliphatic carbocycles. The van der Waals surface area contributed by atoms with Crippen LogP contribution in [0.5, 0.6) is 0 Å². The Morgan fingerprint density at radius 2 is 1.86 bits per heavy atom. The molecule has 3 rings (SSSR count). The lowest BCUT2D eigenvalue weighted by atomic mass is 10.1. The van der Waals surface area contributed by atoms with E-state index in [1.807, 2.05) is 0 Å². The van der Waals surface area contributed by atoms with E-state index in [1.54, 1.807) is 36.5 Å². The lowest BCUT2D eigenvalue weighted by Crippen LogP contribution is -2.01. The van der Waals surface area contributed by atoms with E-state index in [4.69, 9.17) is 0 Å². The van der Waals surface area contributed by atoms with Crippen LogP contribution in [-0.4, -0.2) is 23.0 Å². The van der Waals surface area contributed by atoms with Crippen molar-refractivity contribution in [1.29, 1.82) is 0 Å². The molecular weight excluding hydrogens is 271 g/mol. The molecule has 5 heteroatoms. The molecule has 0 N–H and O–H groups in total. The fourth-order valence-corrected chi connectivity index (χ4v) is 2.02. The minimum atomic E-state index is -0.415. The quantitative estimate of drug-likeness (QED) is 0.677. The molecule has 0 saturated heterocycles. The molecule has 0 unspecified atom stereocenters. The van der Waals surface area contributed by atoms with Crippen LogP contribution in [0.25, 0.3) is 22.3 Å². The number of carbonyl (C=O) groups excluding carboxylic acids is 1. The van der Waals surface area contributed by atoms with Crippen molar-refractivity contribution >= 4 is 17.0 Å². The molecular formula is C16H11FN2O2. The number of methoxy groups -OCH3 is 1. The van der Waals surface area contributed by atoms with Crippen molar-refractivity contribution in [1.82, 2.24) is 9.97 Å². The van der Waals surface area contributed by atoms with Crippen LogP contribution in [-0.2, 0) is 4.74 Å². The van der Waals surface area contributed by atoms with Crippen molar-refractivity contribution in [3.63, 3.8) is 0 Å². The van der Waals surface area contributed by atoms with Gasteiger partial charge in [-0.1, -0.05) is 0 Å². The van der Waals surface area contributed by atoms with E-state index in [0.717, 1.165) is 5.56 Å². The summed E-state index contributed by atoms with van der Waals surface area (Å²) >= 11 is 0. The van der Waals surface area contributed by atoms with Crippen LogP contribution < -0.4 is 0 Å². The zero-order valence-corrected chi connectivity index (χ0v) is 11.2. The molecule has 1 aromatic heterocycles. The molecule has 4 nitrogen and oxygen atoms in total. The van der Waals surface area contributed by atoms with Gasteiger partial charge in [0.15, 0.2) is 0 Å². The van der Waals surface area contributed by atoms with Crippen molar-refractivity contribution < 1.29 is 13.9 Å². The Balaban J connectivity index is 2.05.